The second kappa shape index (κ2) is 9.06. The van der Waals surface area contributed by atoms with E-state index in [4.69, 9.17) is 0 Å². The first kappa shape index (κ1) is 20.7. The van der Waals surface area contributed by atoms with Crippen LogP contribution in [-0.4, -0.2) is 43.6 Å². The first-order valence-corrected chi connectivity index (χ1v) is 11.4. The van der Waals surface area contributed by atoms with Gasteiger partial charge in [-0.25, -0.2) is 14.6 Å². The van der Waals surface area contributed by atoms with Gasteiger partial charge in [-0.05, 0) is 50.4 Å². The third-order valence-corrected chi connectivity index (χ3v) is 6.17. The van der Waals surface area contributed by atoms with Crippen molar-refractivity contribution in [2.45, 2.75) is 52.5 Å². The number of para-hydroxylation sites is 1. The summed E-state index contributed by atoms with van der Waals surface area (Å²) in [5.74, 6) is 0.838. The molecule has 3 aromatic rings. The Morgan fingerprint density at radius 2 is 1.93 bits per heavy atom. The van der Waals surface area contributed by atoms with Gasteiger partial charge in [-0.15, -0.1) is 16.4 Å². The fourth-order valence-corrected chi connectivity index (χ4v) is 4.52. The van der Waals surface area contributed by atoms with Gasteiger partial charge in [-0.2, -0.15) is 0 Å². The molecule has 4 rings (SSSR count). The van der Waals surface area contributed by atoms with Crippen LogP contribution < -0.4 is 5.32 Å². The highest BCUT2D eigenvalue weighted by atomic mass is 32.1. The predicted octanol–water partition coefficient (Wildman–Crippen LogP) is 4.39. The van der Waals surface area contributed by atoms with E-state index in [9.17, 15) is 4.79 Å². The Morgan fingerprint density at radius 3 is 2.70 bits per heavy atom. The first-order chi connectivity index (χ1) is 14.5. The van der Waals surface area contributed by atoms with Crippen molar-refractivity contribution in [3.63, 3.8) is 0 Å². The topological polar surface area (TPSA) is 75.9 Å². The van der Waals surface area contributed by atoms with Crippen molar-refractivity contribution >= 4 is 22.4 Å². The van der Waals surface area contributed by atoms with E-state index in [1.165, 1.54) is 36.2 Å². The lowest BCUT2D eigenvalue weighted by molar-refractivity contribution is 0.101. The maximum Gasteiger partial charge on any atom is 0.297 e. The maximum atomic E-state index is 12.7. The summed E-state index contributed by atoms with van der Waals surface area (Å²) in [6.45, 7) is 9.23. The number of likely N-dealkylation sites (tertiary alicyclic amines) is 1. The van der Waals surface area contributed by atoms with E-state index < -0.39 is 0 Å². The van der Waals surface area contributed by atoms with Crippen molar-refractivity contribution < 1.29 is 4.79 Å². The number of piperidine rings is 1. The van der Waals surface area contributed by atoms with Crippen LogP contribution in [0.1, 0.15) is 66.7 Å². The molecular formula is C22H28N6OS. The highest BCUT2D eigenvalue weighted by Gasteiger charge is 2.19. The number of carbonyl (C=O) groups is 1. The minimum atomic E-state index is -0.335. The molecule has 30 heavy (non-hydrogen) atoms. The largest absolute Gasteiger partial charge is 0.297 e. The smallest absolute Gasteiger partial charge is 0.297 e. The molecule has 158 valence electrons. The number of rotatable bonds is 6. The zero-order chi connectivity index (χ0) is 21.1. The maximum absolute atomic E-state index is 12.7. The second-order valence-electron chi connectivity index (χ2n) is 8.04. The van der Waals surface area contributed by atoms with Crippen LogP contribution in [0, 0.1) is 6.92 Å². The molecule has 3 heterocycles. The molecule has 1 saturated heterocycles. The number of nitrogens with zero attached hydrogens (tertiary/aromatic N) is 5. The van der Waals surface area contributed by atoms with Crippen LogP contribution in [0.2, 0.25) is 0 Å². The number of thiazole rings is 1. The minimum Gasteiger partial charge on any atom is -0.297 e. The third-order valence-electron chi connectivity index (χ3n) is 5.37. The van der Waals surface area contributed by atoms with Crippen molar-refractivity contribution in [2.24, 2.45) is 0 Å². The lowest BCUT2D eigenvalue weighted by atomic mass is 10.0. The van der Waals surface area contributed by atoms with Crippen LogP contribution in [0.4, 0.5) is 5.13 Å². The molecule has 1 N–H and O–H groups in total. The van der Waals surface area contributed by atoms with E-state index in [0.29, 0.717) is 16.9 Å². The van der Waals surface area contributed by atoms with Crippen molar-refractivity contribution in [1.82, 2.24) is 24.6 Å². The van der Waals surface area contributed by atoms with Crippen LogP contribution >= 0.6 is 11.3 Å². The number of anilines is 1. The summed E-state index contributed by atoms with van der Waals surface area (Å²) >= 11 is 1.44. The average Bonchev–Trinajstić information content (AvgIpc) is 3.35. The van der Waals surface area contributed by atoms with E-state index in [1.54, 1.807) is 4.68 Å². The molecule has 1 fully saturated rings. The third kappa shape index (κ3) is 4.60. The molecule has 0 unspecified atom stereocenters. The molecule has 0 aliphatic carbocycles. The number of carbonyl (C=O) groups excluding carboxylic acids is 1. The molecule has 0 atom stereocenters. The molecule has 0 spiro atoms. The Labute approximate surface area is 181 Å². The predicted molar refractivity (Wildman–Crippen MR) is 119 cm³/mol. The Morgan fingerprint density at radius 1 is 1.17 bits per heavy atom. The van der Waals surface area contributed by atoms with Gasteiger partial charge in [0.05, 0.1) is 11.4 Å². The van der Waals surface area contributed by atoms with Gasteiger partial charge in [-0.3, -0.25) is 15.0 Å². The Bertz CT molecular complexity index is 1020. The first-order valence-electron chi connectivity index (χ1n) is 10.5. The van der Waals surface area contributed by atoms with Gasteiger partial charge in [0.25, 0.3) is 5.91 Å². The fraction of sp³-hybridized carbons (Fsp3) is 0.455. The van der Waals surface area contributed by atoms with Gasteiger partial charge < -0.3 is 0 Å². The van der Waals surface area contributed by atoms with Gasteiger partial charge in [0.15, 0.2) is 5.13 Å². The lowest BCUT2D eigenvalue weighted by Crippen LogP contribution is -2.29. The number of hydrogen-bond donors (Lipinski definition) is 1. The summed E-state index contributed by atoms with van der Waals surface area (Å²) < 4.78 is 1.74. The van der Waals surface area contributed by atoms with Crippen LogP contribution in [0.25, 0.3) is 5.69 Å². The van der Waals surface area contributed by atoms with E-state index in [2.05, 4.69) is 45.2 Å². The molecule has 0 radical (unpaired) electrons. The molecule has 0 saturated carbocycles. The van der Waals surface area contributed by atoms with Crippen LogP contribution in [0.15, 0.2) is 29.6 Å². The van der Waals surface area contributed by atoms with Gasteiger partial charge in [-0.1, -0.05) is 38.5 Å². The van der Waals surface area contributed by atoms with Gasteiger partial charge >= 0.3 is 0 Å². The Kier molecular flexibility index (Phi) is 6.24. The quantitative estimate of drug-likeness (QED) is 0.635. The van der Waals surface area contributed by atoms with E-state index in [1.807, 2.05) is 30.5 Å². The number of benzene rings is 1. The van der Waals surface area contributed by atoms with Crippen molar-refractivity contribution in [1.29, 1.82) is 0 Å². The van der Waals surface area contributed by atoms with Crippen molar-refractivity contribution in [2.75, 3.05) is 18.4 Å². The average molecular weight is 425 g/mol. The number of hydrogen-bond acceptors (Lipinski definition) is 6. The molecule has 1 aliphatic rings. The van der Waals surface area contributed by atoms with Crippen molar-refractivity contribution in [3.8, 4) is 5.69 Å². The fourth-order valence-electron chi connectivity index (χ4n) is 3.82. The molecule has 7 nitrogen and oxygen atoms in total. The van der Waals surface area contributed by atoms with Crippen LogP contribution in [0.5, 0.6) is 0 Å². The van der Waals surface area contributed by atoms with Crippen LogP contribution in [0.3, 0.4) is 0 Å². The normalized spacial score (nSPS) is 14.9. The number of nitrogens with one attached hydrogen (secondary N) is 1. The lowest BCUT2D eigenvalue weighted by Gasteiger charge is -2.25. The van der Waals surface area contributed by atoms with E-state index in [-0.39, 0.29) is 11.7 Å². The molecule has 1 aromatic carbocycles. The van der Waals surface area contributed by atoms with Gasteiger partial charge in [0, 0.05) is 11.9 Å². The Balaban J connectivity index is 1.47. The minimum absolute atomic E-state index is 0.152. The number of aromatic nitrogens is 4. The summed E-state index contributed by atoms with van der Waals surface area (Å²) in [6.07, 6.45) is 3.82. The van der Waals surface area contributed by atoms with Crippen LogP contribution in [-0.2, 0) is 6.54 Å². The highest BCUT2D eigenvalue weighted by Crippen LogP contribution is 2.24. The number of amides is 1. The summed E-state index contributed by atoms with van der Waals surface area (Å²) in [7, 11) is 0. The zero-order valence-corrected chi connectivity index (χ0v) is 18.6. The zero-order valence-electron chi connectivity index (χ0n) is 17.8. The molecule has 2 aromatic heterocycles. The molecule has 8 heteroatoms. The summed E-state index contributed by atoms with van der Waals surface area (Å²) in [5, 5.41) is 9.94. The van der Waals surface area contributed by atoms with Gasteiger partial charge in [0.2, 0.25) is 5.82 Å². The molecule has 0 bridgehead atoms. The summed E-state index contributed by atoms with van der Waals surface area (Å²) in [4.78, 5) is 24.1. The second-order valence-corrected chi connectivity index (χ2v) is 8.90. The molecule has 1 aliphatic heterocycles. The van der Waals surface area contributed by atoms with Gasteiger partial charge in [0.1, 0.15) is 5.82 Å². The molecule has 1 amide bonds. The SMILES string of the molecule is Cc1nc(C(=O)Nc2nc(CN3CCCCC3)cs2)nn1-c1ccccc1C(C)C. The summed E-state index contributed by atoms with van der Waals surface area (Å²) in [5.41, 5.74) is 3.12. The van der Waals surface area contributed by atoms with E-state index in [0.717, 1.165) is 31.0 Å². The Hall–Kier alpha value is -2.58. The van der Waals surface area contributed by atoms with Crippen molar-refractivity contribution in [3.05, 3.63) is 52.6 Å². The molecular weight excluding hydrogens is 396 g/mol. The number of aryl methyl sites for hydroxylation is 1. The standard InChI is InChI=1S/C22H28N6OS/c1-15(2)18-9-5-6-10-19(18)28-16(3)23-20(26-28)21(29)25-22-24-17(14-30-22)13-27-11-7-4-8-12-27/h5-6,9-10,14-15H,4,7-8,11-13H2,1-3H3,(H,24,25,29). The summed E-state index contributed by atoms with van der Waals surface area (Å²) in [6, 6.07) is 8.08. The monoisotopic (exact) mass is 424 g/mol. The van der Waals surface area contributed by atoms with E-state index >= 15 is 0 Å². The highest BCUT2D eigenvalue weighted by molar-refractivity contribution is 7.13.